The van der Waals surface area contributed by atoms with E-state index in [1.165, 1.54) is 0 Å². The Balaban J connectivity index is 1.78. The van der Waals surface area contributed by atoms with Crippen LogP contribution in [0, 0.1) is 6.92 Å². The number of rotatable bonds is 6. The molecule has 1 aromatic heterocycles. The van der Waals surface area contributed by atoms with Gasteiger partial charge in [0.2, 0.25) is 0 Å². The first kappa shape index (κ1) is 23.3. The highest BCUT2D eigenvalue weighted by molar-refractivity contribution is 7.89. The van der Waals surface area contributed by atoms with E-state index in [9.17, 15) is 21.6 Å². The summed E-state index contributed by atoms with van der Waals surface area (Å²) in [4.78, 5) is 9.13. The van der Waals surface area contributed by atoms with E-state index in [0.717, 1.165) is 22.5 Å². The molecule has 1 aliphatic heterocycles. The van der Waals surface area contributed by atoms with Crippen LogP contribution >= 0.6 is 0 Å². The van der Waals surface area contributed by atoms with E-state index in [1.54, 1.807) is 24.7 Å². The molecule has 0 spiro atoms. The largest absolute Gasteiger partial charge is 0.511 e. The Labute approximate surface area is 191 Å². The summed E-state index contributed by atoms with van der Waals surface area (Å²) in [7, 11) is -5.49. The number of para-hydroxylation sites is 1. The number of hydrogen-bond acceptors (Lipinski definition) is 4. The quantitative estimate of drug-likeness (QED) is 0.571. The van der Waals surface area contributed by atoms with E-state index in [0.29, 0.717) is 29.3 Å². The number of halogens is 3. The summed E-state index contributed by atoms with van der Waals surface area (Å²) in [6.45, 7) is 1.66. The molecular weight excluding hydrogens is 453 g/mol. The number of alkyl halides is 3. The first-order valence-corrected chi connectivity index (χ1v) is 12.0. The number of aryl methyl sites for hydroxylation is 2. The molecule has 6 nitrogen and oxygen atoms in total. The van der Waals surface area contributed by atoms with Crippen molar-refractivity contribution in [3.05, 3.63) is 83.4 Å². The molecular formula is C23H25F3N4O2S. The van der Waals surface area contributed by atoms with Crippen LogP contribution < -0.4 is 4.90 Å². The molecule has 0 fully saturated rings. The highest BCUT2D eigenvalue weighted by atomic mass is 32.2. The molecule has 2 aromatic carbocycles. The van der Waals surface area contributed by atoms with Crippen molar-refractivity contribution in [3.8, 4) is 0 Å². The minimum Gasteiger partial charge on any atom is -0.361 e. The molecule has 0 saturated carbocycles. The number of fused-ring (bicyclic) bond motifs is 1. The molecule has 0 radical (unpaired) electrons. The topological polar surface area (TPSA) is 69.3 Å². The Morgan fingerprint density at radius 2 is 1.88 bits per heavy atom. The second-order valence-electron chi connectivity index (χ2n) is 8.21. The van der Waals surface area contributed by atoms with Crippen LogP contribution in [0.2, 0.25) is 0 Å². The number of nitrogens with one attached hydrogen (secondary N) is 1. The van der Waals surface area contributed by atoms with E-state index in [1.807, 2.05) is 48.2 Å². The Morgan fingerprint density at radius 1 is 1.12 bits per heavy atom. The van der Waals surface area contributed by atoms with Crippen LogP contribution in [0.25, 0.3) is 0 Å². The Kier molecular flexibility index (Phi) is 6.49. The summed E-state index contributed by atoms with van der Waals surface area (Å²) in [5.74, 6) is 0. The van der Waals surface area contributed by atoms with Crippen LogP contribution in [0.1, 0.15) is 28.8 Å². The molecule has 2 heterocycles. The molecule has 0 bridgehead atoms. The average Bonchev–Trinajstić information content (AvgIpc) is 3.22. The van der Waals surface area contributed by atoms with Crippen molar-refractivity contribution in [2.45, 2.75) is 44.4 Å². The average molecular weight is 479 g/mol. The van der Waals surface area contributed by atoms with Gasteiger partial charge < -0.3 is 9.88 Å². The van der Waals surface area contributed by atoms with Gasteiger partial charge in [0.15, 0.2) is 0 Å². The first-order valence-electron chi connectivity index (χ1n) is 10.6. The highest BCUT2D eigenvalue weighted by Crippen LogP contribution is 2.37. The smallest absolute Gasteiger partial charge is 0.361 e. The molecule has 0 aliphatic carbocycles. The number of aromatic nitrogens is 2. The molecule has 1 N–H and O–H groups in total. The van der Waals surface area contributed by atoms with E-state index in [-0.39, 0.29) is 13.1 Å². The monoisotopic (exact) mass is 478 g/mol. The molecule has 0 unspecified atom stereocenters. The predicted molar refractivity (Wildman–Crippen MR) is 120 cm³/mol. The summed E-state index contributed by atoms with van der Waals surface area (Å²) >= 11 is 0. The van der Waals surface area contributed by atoms with Crippen molar-refractivity contribution in [2.75, 3.05) is 11.4 Å². The molecule has 176 valence electrons. The fourth-order valence-corrected chi connectivity index (χ4v) is 5.32. The van der Waals surface area contributed by atoms with Crippen molar-refractivity contribution in [1.82, 2.24) is 14.3 Å². The van der Waals surface area contributed by atoms with Gasteiger partial charge in [-0.15, -0.1) is 0 Å². The molecule has 10 heteroatoms. The molecule has 0 saturated heterocycles. The van der Waals surface area contributed by atoms with Crippen molar-refractivity contribution in [3.63, 3.8) is 0 Å². The van der Waals surface area contributed by atoms with Gasteiger partial charge in [0.1, 0.15) is 0 Å². The molecule has 3 aromatic rings. The minimum atomic E-state index is -5.49. The summed E-state index contributed by atoms with van der Waals surface area (Å²) in [6, 6.07) is 14.5. The molecule has 1 atom stereocenters. The van der Waals surface area contributed by atoms with Gasteiger partial charge in [0.05, 0.1) is 18.6 Å². The molecule has 33 heavy (non-hydrogen) atoms. The first-order chi connectivity index (χ1) is 15.7. The summed E-state index contributed by atoms with van der Waals surface area (Å²) < 4.78 is 66.1. The molecule has 1 aliphatic rings. The third-order valence-electron chi connectivity index (χ3n) is 5.95. The lowest BCUT2D eigenvalue weighted by molar-refractivity contribution is -0.0492. The maximum atomic E-state index is 13.5. The van der Waals surface area contributed by atoms with Crippen LogP contribution in [0.15, 0.2) is 61.1 Å². The lowest BCUT2D eigenvalue weighted by Gasteiger charge is -2.35. The van der Waals surface area contributed by atoms with Gasteiger partial charge in [-0.2, -0.15) is 17.5 Å². The highest BCUT2D eigenvalue weighted by Gasteiger charge is 2.51. The van der Waals surface area contributed by atoms with Crippen molar-refractivity contribution in [1.29, 1.82) is 0 Å². The number of aromatic amines is 1. The minimum absolute atomic E-state index is 0.267. The maximum absolute atomic E-state index is 13.5. The summed E-state index contributed by atoms with van der Waals surface area (Å²) in [6.07, 6.45) is 4.30. The van der Waals surface area contributed by atoms with E-state index < -0.39 is 21.6 Å². The number of anilines is 1. The van der Waals surface area contributed by atoms with Gasteiger partial charge in [0.25, 0.3) is 0 Å². The van der Waals surface area contributed by atoms with Gasteiger partial charge in [-0.3, -0.25) is 0 Å². The van der Waals surface area contributed by atoms with Crippen molar-refractivity contribution < 1.29 is 21.6 Å². The SMILES string of the molecule is Cc1cccc2c1N(Cc1cnc[nH]1)[C@H](CCc1ccccc1)CN(S(=O)(=O)C(F)(F)F)C2. The van der Waals surface area contributed by atoms with E-state index in [2.05, 4.69) is 9.97 Å². The van der Waals surface area contributed by atoms with Gasteiger partial charge in [0, 0.05) is 31.0 Å². The van der Waals surface area contributed by atoms with Crippen LogP contribution in [0.4, 0.5) is 18.9 Å². The lowest BCUT2D eigenvalue weighted by atomic mass is 10.0. The third kappa shape index (κ3) is 4.91. The second-order valence-corrected chi connectivity index (χ2v) is 10.1. The van der Waals surface area contributed by atoms with E-state index in [4.69, 9.17) is 0 Å². The van der Waals surface area contributed by atoms with Crippen molar-refractivity contribution >= 4 is 15.7 Å². The molecule has 4 rings (SSSR count). The van der Waals surface area contributed by atoms with Crippen LogP contribution in [-0.4, -0.2) is 40.8 Å². The number of H-pyrrole nitrogens is 1. The summed E-state index contributed by atoms with van der Waals surface area (Å²) in [5, 5.41) is 0. The number of hydrogen-bond donors (Lipinski definition) is 1. The predicted octanol–water partition coefficient (Wildman–Crippen LogP) is 4.39. The van der Waals surface area contributed by atoms with Crippen molar-refractivity contribution in [2.24, 2.45) is 0 Å². The lowest BCUT2D eigenvalue weighted by Crippen LogP contribution is -2.47. The number of benzene rings is 2. The fourth-order valence-electron chi connectivity index (χ4n) is 4.35. The number of imidazole rings is 1. The number of sulfonamides is 1. The van der Waals surface area contributed by atoms with E-state index >= 15 is 0 Å². The zero-order valence-electron chi connectivity index (χ0n) is 18.1. The molecule has 0 amide bonds. The van der Waals surface area contributed by atoms with Crippen LogP contribution in [0.3, 0.4) is 0 Å². The Morgan fingerprint density at radius 3 is 2.55 bits per heavy atom. The normalized spacial score (nSPS) is 17.6. The van der Waals surface area contributed by atoms with Crippen LogP contribution in [-0.2, 0) is 29.5 Å². The standard InChI is InChI=1S/C23H25F3N4O2S/c1-17-6-5-9-19-13-29(33(31,32)23(24,25)26)15-21(11-10-18-7-3-2-4-8-18)30(22(17)19)14-20-12-27-16-28-20/h2-9,12,16,21H,10-11,13-15H2,1H3,(H,27,28)/t21-/m1/s1. The second kappa shape index (κ2) is 9.18. The van der Waals surface area contributed by atoms with Crippen LogP contribution in [0.5, 0.6) is 0 Å². The van der Waals surface area contributed by atoms with Gasteiger partial charge in [-0.1, -0.05) is 48.5 Å². The maximum Gasteiger partial charge on any atom is 0.511 e. The van der Waals surface area contributed by atoms with Gasteiger partial charge in [-0.25, -0.2) is 13.4 Å². The third-order valence-corrected chi connectivity index (χ3v) is 7.49. The Bertz CT molecular complexity index is 1180. The fraction of sp³-hybridized carbons (Fsp3) is 0.348. The number of nitrogens with zero attached hydrogens (tertiary/aromatic N) is 3. The Hall–Kier alpha value is -2.85. The van der Waals surface area contributed by atoms with Gasteiger partial charge in [-0.05, 0) is 36.5 Å². The zero-order valence-corrected chi connectivity index (χ0v) is 18.9. The summed E-state index contributed by atoms with van der Waals surface area (Å²) in [5.41, 5.74) is -1.34. The zero-order chi connectivity index (χ0) is 23.6. The van der Waals surface area contributed by atoms with Gasteiger partial charge >= 0.3 is 15.5 Å².